The zero-order chi connectivity index (χ0) is 52.1. The number of aromatic nitrogens is 5. The van der Waals surface area contributed by atoms with Crippen molar-refractivity contribution in [3.05, 3.63) is 198 Å². The molecule has 0 amide bonds. The summed E-state index contributed by atoms with van der Waals surface area (Å²) in [5.41, 5.74) is -2.27. The molecule has 74 heavy (non-hydrogen) atoms. The summed E-state index contributed by atoms with van der Waals surface area (Å²) in [7, 11) is 0. The van der Waals surface area contributed by atoms with Crippen LogP contribution in [-0.2, 0) is 24.7 Å². The Labute approximate surface area is 409 Å². The van der Waals surface area contributed by atoms with E-state index in [1.54, 1.807) is 78.9 Å². The number of rotatable bonds is 6. The molecule has 366 valence electrons. The highest BCUT2D eigenvalue weighted by atomic mass is 19.4. The van der Waals surface area contributed by atoms with E-state index in [9.17, 15) is 57.9 Å². The highest BCUT2D eigenvalue weighted by Gasteiger charge is 2.36. The molecule has 6 nitrogen and oxygen atoms in total. The van der Waals surface area contributed by atoms with E-state index in [2.05, 4.69) is 6.07 Å². The molecule has 0 unspecified atom stereocenters. The second-order valence-electron chi connectivity index (χ2n) is 17.2. The summed E-state index contributed by atoms with van der Waals surface area (Å²) in [5.74, 6) is 0.454. The molecule has 0 N–H and O–H groups in total. The predicted molar refractivity (Wildman–Crippen MR) is 255 cm³/mol. The van der Waals surface area contributed by atoms with Gasteiger partial charge in [0.1, 0.15) is 0 Å². The molecular formula is C56H28F12N6. The monoisotopic (exact) mass is 1010 g/mol. The Balaban J connectivity index is 1.26. The molecule has 0 atom stereocenters. The highest BCUT2D eigenvalue weighted by Crippen LogP contribution is 2.46. The maximum absolute atomic E-state index is 14.3. The molecule has 0 saturated carbocycles. The summed E-state index contributed by atoms with van der Waals surface area (Å²) in [6.45, 7) is 0. The fraction of sp³-hybridized carbons (Fsp3) is 0.0714. The van der Waals surface area contributed by atoms with Crippen molar-refractivity contribution < 1.29 is 52.7 Å². The first-order valence-corrected chi connectivity index (χ1v) is 22.2. The maximum atomic E-state index is 14.3. The SMILES string of the molecule is N#Cc1ccc(-n2c3ccc(C(F)(F)F)cc3c3cc(C(F)(F)F)ccc32)c(-c2cc(-n3c4ccc(C(F)(F)F)cc4c4cc(C(F)(F)F)ccc43)ccc2-c2nc(-c3ccccc3)nc(-c3ccccc3)n2)c1. The van der Waals surface area contributed by atoms with Gasteiger partial charge in [-0.25, -0.2) is 15.0 Å². The van der Waals surface area contributed by atoms with Crippen LogP contribution in [-0.4, -0.2) is 24.1 Å². The summed E-state index contributed by atoms with van der Waals surface area (Å²) < 4.78 is 174. The largest absolute Gasteiger partial charge is 0.416 e. The molecular weight excluding hydrogens is 985 g/mol. The van der Waals surface area contributed by atoms with Crippen LogP contribution in [0.1, 0.15) is 27.8 Å². The van der Waals surface area contributed by atoms with Gasteiger partial charge < -0.3 is 9.13 Å². The van der Waals surface area contributed by atoms with E-state index in [-0.39, 0.29) is 94.7 Å². The van der Waals surface area contributed by atoms with Crippen LogP contribution in [0.2, 0.25) is 0 Å². The third-order valence-electron chi connectivity index (χ3n) is 12.7. The second-order valence-corrected chi connectivity index (χ2v) is 17.2. The molecule has 0 spiro atoms. The summed E-state index contributed by atoms with van der Waals surface area (Å²) in [6, 6.07) is 39.5. The van der Waals surface area contributed by atoms with E-state index in [1.165, 1.54) is 27.3 Å². The molecule has 0 bridgehead atoms. The Morgan fingerprint density at radius 2 is 0.743 bits per heavy atom. The van der Waals surface area contributed by atoms with E-state index in [4.69, 9.17) is 15.0 Å². The lowest BCUT2D eigenvalue weighted by molar-refractivity contribution is -0.138. The van der Waals surface area contributed by atoms with E-state index in [1.807, 2.05) is 0 Å². The highest BCUT2D eigenvalue weighted by molar-refractivity contribution is 6.12. The Morgan fingerprint density at radius 3 is 1.14 bits per heavy atom. The van der Waals surface area contributed by atoms with Gasteiger partial charge >= 0.3 is 24.7 Å². The minimum Gasteiger partial charge on any atom is -0.309 e. The number of alkyl halides is 12. The summed E-state index contributed by atoms with van der Waals surface area (Å²) in [5, 5.41) is 9.71. The van der Waals surface area contributed by atoms with Crippen LogP contribution < -0.4 is 0 Å². The number of nitrogens with zero attached hydrogens (tertiary/aromatic N) is 6. The normalized spacial score (nSPS) is 12.6. The van der Waals surface area contributed by atoms with Crippen LogP contribution in [0.3, 0.4) is 0 Å². The lowest BCUT2D eigenvalue weighted by Crippen LogP contribution is -2.05. The van der Waals surface area contributed by atoms with Gasteiger partial charge in [-0.05, 0) is 115 Å². The van der Waals surface area contributed by atoms with Gasteiger partial charge in [-0.3, -0.25) is 0 Å². The quantitative estimate of drug-likeness (QED) is 0.156. The molecule has 0 aliphatic carbocycles. The number of fused-ring (bicyclic) bond motifs is 6. The summed E-state index contributed by atoms with van der Waals surface area (Å²) in [6.07, 6.45) is -19.5. The lowest BCUT2D eigenvalue weighted by atomic mass is 9.94. The molecule has 0 aliphatic rings. The first-order valence-electron chi connectivity index (χ1n) is 22.2. The van der Waals surface area contributed by atoms with Crippen molar-refractivity contribution in [2.45, 2.75) is 24.7 Å². The minimum absolute atomic E-state index is 0.0336. The van der Waals surface area contributed by atoms with Gasteiger partial charge in [0.05, 0.1) is 61.6 Å². The third-order valence-corrected chi connectivity index (χ3v) is 12.7. The fourth-order valence-corrected chi connectivity index (χ4v) is 9.32. The van der Waals surface area contributed by atoms with Gasteiger partial charge in [-0.1, -0.05) is 60.7 Å². The Bertz CT molecular complexity index is 3890. The molecule has 11 rings (SSSR count). The molecule has 0 saturated heterocycles. The van der Waals surface area contributed by atoms with Gasteiger partial charge in [0.15, 0.2) is 17.5 Å². The molecule has 3 aromatic heterocycles. The minimum atomic E-state index is -4.89. The molecule has 0 fully saturated rings. The smallest absolute Gasteiger partial charge is 0.309 e. The molecule has 0 radical (unpaired) electrons. The number of hydrogen-bond donors (Lipinski definition) is 0. The average molecular weight is 1010 g/mol. The number of benzene rings is 8. The first kappa shape index (κ1) is 47.4. The molecule has 11 aromatic rings. The topological polar surface area (TPSA) is 72.3 Å². The lowest BCUT2D eigenvalue weighted by Gasteiger charge is -2.19. The van der Waals surface area contributed by atoms with Crippen LogP contribution in [0.15, 0.2) is 170 Å². The molecule has 0 aliphatic heterocycles. The molecule has 3 heterocycles. The van der Waals surface area contributed by atoms with Crippen molar-refractivity contribution in [1.82, 2.24) is 24.1 Å². The van der Waals surface area contributed by atoms with E-state index >= 15 is 0 Å². The van der Waals surface area contributed by atoms with Crippen molar-refractivity contribution in [3.8, 4) is 62.7 Å². The van der Waals surface area contributed by atoms with Crippen LogP contribution in [0.5, 0.6) is 0 Å². The van der Waals surface area contributed by atoms with Crippen molar-refractivity contribution in [2.24, 2.45) is 0 Å². The summed E-state index contributed by atoms with van der Waals surface area (Å²) >= 11 is 0. The van der Waals surface area contributed by atoms with Crippen LogP contribution in [0.25, 0.3) is 100 Å². The third kappa shape index (κ3) is 8.29. The van der Waals surface area contributed by atoms with E-state index in [0.29, 0.717) is 11.1 Å². The van der Waals surface area contributed by atoms with Crippen molar-refractivity contribution >= 4 is 43.6 Å². The van der Waals surface area contributed by atoms with Gasteiger partial charge in [-0.2, -0.15) is 57.9 Å². The standard InChI is InChI=1S/C56H28F12N6/c57-53(58,59)33-12-19-45-41(24-33)42-25-34(54(60,61)62)13-20-46(42)73(45)37-16-17-38(52-71-50(31-7-3-1-4-8-31)70-51(72-52)32-9-5-2-6-10-32)39(28-37)40-23-30(29-69)11-18-47(40)74-48-21-14-35(55(63,64)65)26-43(48)44-27-36(56(66,67)68)15-22-49(44)74/h1-28H. The van der Waals surface area contributed by atoms with Crippen molar-refractivity contribution in [2.75, 3.05) is 0 Å². The van der Waals surface area contributed by atoms with Gasteiger partial charge in [0.2, 0.25) is 0 Å². The van der Waals surface area contributed by atoms with E-state index in [0.717, 1.165) is 72.8 Å². The molecule has 8 aromatic carbocycles. The number of halogens is 12. The van der Waals surface area contributed by atoms with E-state index < -0.39 is 47.0 Å². The first-order chi connectivity index (χ1) is 35.2. The van der Waals surface area contributed by atoms with Crippen LogP contribution >= 0.6 is 0 Å². The number of nitriles is 1. The van der Waals surface area contributed by atoms with Crippen LogP contribution in [0.4, 0.5) is 52.7 Å². The number of hydrogen-bond acceptors (Lipinski definition) is 4. The van der Waals surface area contributed by atoms with Gasteiger partial charge in [0.25, 0.3) is 0 Å². The zero-order valence-electron chi connectivity index (χ0n) is 37.4. The Kier molecular flexibility index (Phi) is 10.9. The summed E-state index contributed by atoms with van der Waals surface area (Å²) in [4.78, 5) is 14.6. The van der Waals surface area contributed by atoms with Crippen LogP contribution in [0, 0.1) is 11.3 Å². The van der Waals surface area contributed by atoms with Gasteiger partial charge in [0, 0.05) is 49.5 Å². The fourth-order valence-electron chi connectivity index (χ4n) is 9.32. The second kappa shape index (κ2) is 17.1. The maximum Gasteiger partial charge on any atom is 0.416 e. The van der Waals surface area contributed by atoms with Crippen molar-refractivity contribution in [1.29, 1.82) is 5.26 Å². The van der Waals surface area contributed by atoms with Gasteiger partial charge in [-0.15, -0.1) is 0 Å². The Hall–Kier alpha value is -8.98. The van der Waals surface area contributed by atoms with Crippen molar-refractivity contribution in [3.63, 3.8) is 0 Å². The predicted octanol–water partition coefficient (Wildman–Crippen LogP) is 16.7. The zero-order valence-corrected chi connectivity index (χ0v) is 37.4. The Morgan fingerprint density at radius 1 is 0.351 bits per heavy atom. The average Bonchev–Trinajstić information content (AvgIpc) is 3.89. The molecule has 18 heteroatoms.